The second-order valence-electron chi connectivity index (χ2n) is 14.9. The van der Waals surface area contributed by atoms with Crippen LogP contribution in [0, 0.1) is 5.53 Å². The van der Waals surface area contributed by atoms with Crippen molar-refractivity contribution in [1.29, 1.82) is 5.53 Å². The van der Waals surface area contributed by atoms with Crippen LogP contribution in [-0.4, -0.2) is 66.5 Å². The number of aromatic amines is 1. The summed E-state index contributed by atoms with van der Waals surface area (Å²) in [6.07, 6.45) is 6.31. The molecule has 4 heterocycles. The van der Waals surface area contributed by atoms with E-state index in [0.717, 1.165) is 106 Å². The fraction of sp³-hybridized carbons (Fsp3) is 0.289. The van der Waals surface area contributed by atoms with Crippen molar-refractivity contribution in [2.45, 2.75) is 78.4 Å². The first-order chi connectivity index (χ1) is 29.9. The summed E-state index contributed by atoms with van der Waals surface area (Å²) in [7, 11) is 0. The van der Waals surface area contributed by atoms with E-state index in [2.05, 4.69) is 125 Å². The predicted molar refractivity (Wildman–Crippen MR) is 236 cm³/mol. The molecule has 0 saturated heterocycles. The van der Waals surface area contributed by atoms with E-state index >= 15 is 0 Å². The summed E-state index contributed by atoms with van der Waals surface area (Å²) < 4.78 is 6.21. The number of unbranched alkanes of at least 4 members (excludes halogenated alkanes) is 2. The molecule has 14 nitrogen and oxygen atoms in total. The average molecular weight is 854 g/mol. The molecule has 0 atom stereocenters. The Balaban J connectivity index is 1.06. The SMILES string of the molecule is CCCCc1nc(Cl)c(CCN=N)n1Cc1ccc(-c2ccccc2-c2nnnn2Cc2c(Cl)nc(CCCC)n2Cc2ccc(-c3ccccc3-c3nnn[nH]3)cc2)cc1. The van der Waals surface area contributed by atoms with Crippen LogP contribution >= 0.6 is 23.2 Å². The number of benzene rings is 4. The van der Waals surface area contributed by atoms with Gasteiger partial charge in [0.2, 0.25) is 0 Å². The van der Waals surface area contributed by atoms with Crippen LogP contribution in [0.1, 0.15) is 73.7 Å². The van der Waals surface area contributed by atoms with Crippen LogP contribution in [0.3, 0.4) is 0 Å². The molecule has 0 bridgehead atoms. The Kier molecular flexibility index (Phi) is 13.1. The number of rotatable bonds is 19. The van der Waals surface area contributed by atoms with Crippen molar-refractivity contribution in [3.8, 4) is 45.0 Å². The minimum Gasteiger partial charge on any atom is -0.326 e. The van der Waals surface area contributed by atoms with Crippen LogP contribution in [0.2, 0.25) is 10.3 Å². The van der Waals surface area contributed by atoms with Gasteiger partial charge in [0.25, 0.3) is 0 Å². The van der Waals surface area contributed by atoms with Gasteiger partial charge in [0.15, 0.2) is 22.0 Å². The number of imidazole rings is 2. The Labute approximate surface area is 363 Å². The van der Waals surface area contributed by atoms with Crippen LogP contribution in [0.15, 0.2) is 102 Å². The smallest absolute Gasteiger partial charge is 0.183 e. The predicted octanol–water partition coefficient (Wildman–Crippen LogP) is 9.96. The average Bonchev–Trinajstić information content (AvgIpc) is 4.11. The Hall–Kier alpha value is -6.38. The molecule has 4 aromatic carbocycles. The van der Waals surface area contributed by atoms with Gasteiger partial charge in [-0.1, -0.05) is 147 Å². The number of hydrogen-bond acceptors (Lipinski definition) is 10. The van der Waals surface area contributed by atoms with E-state index in [4.69, 9.17) is 38.7 Å². The Bertz CT molecular complexity index is 2700. The molecular weight excluding hydrogens is 807 g/mol. The molecule has 61 heavy (non-hydrogen) atoms. The Morgan fingerprint density at radius 1 is 0.607 bits per heavy atom. The number of aromatic nitrogens is 12. The Morgan fingerprint density at radius 3 is 1.70 bits per heavy atom. The van der Waals surface area contributed by atoms with Gasteiger partial charge in [-0.2, -0.15) is 5.11 Å². The standard InChI is InChI=1S/C45H46Cl2N14/c1-3-5-15-40-50-42(46)38(25-26-49-48)59(40)27-30-19-23-33(24-20-30)35-12-8-10-14-37(35)45-54-57-58-61(45)29-39-43(47)51-41(16-6-4-2)60(39)28-31-17-21-32(22-18-31)34-11-7-9-13-36(34)44-52-55-56-53-44/h7-14,17-24,48H,3-6,15-16,25-29H2,1-2H3,(H,52,53,55,56). The topological polar surface area (TPSA) is 170 Å². The first kappa shape index (κ1) is 41.4. The molecule has 0 aliphatic rings. The molecule has 0 spiro atoms. The molecule has 0 unspecified atom stereocenters. The highest BCUT2D eigenvalue weighted by Gasteiger charge is 2.22. The molecule has 310 valence electrons. The lowest BCUT2D eigenvalue weighted by atomic mass is 9.98. The molecule has 8 rings (SSSR count). The summed E-state index contributed by atoms with van der Waals surface area (Å²) in [6.45, 7) is 6.25. The zero-order valence-electron chi connectivity index (χ0n) is 34.1. The van der Waals surface area contributed by atoms with Gasteiger partial charge in [0, 0.05) is 43.5 Å². The molecule has 0 aliphatic carbocycles. The minimum atomic E-state index is 0.327. The third-order valence-electron chi connectivity index (χ3n) is 10.9. The first-order valence-corrected chi connectivity index (χ1v) is 21.4. The number of tetrazole rings is 2. The molecule has 8 aromatic rings. The fourth-order valence-corrected chi connectivity index (χ4v) is 8.27. The highest BCUT2D eigenvalue weighted by molar-refractivity contribution is 6.30. The summed E-state index contributed by atoms with van der Waals surface area (Å²) in [6, 6.07) is 33.3. The summed E-state index contributed by atoms with van der Waals surface area (Å²) in [5.74, 6) is 3.14. The van der Waals surface area contributed by atoms with Gasteiger partial charge < -0.3 is 9.13 Å². The van der Waals surface area contributed by atoms with E-state index in [1.54, 1.807) is 4.68 Å². The molecule has 0 aliphatic heterocycles. The third-order valence-corrected chi connectivity index (χ3v) is 11.5. The zero-order valence-corrected chi connectivity index (χ0v) is 35.7. The van der Waals surface area contributed by atoms with Crippen molar-refractivity contribution in [1.82, 2.24) is 59.9 Å². The van der Waals surface area contributed by atoms with Crippen molar-refractivity contribution in [2.24, 2.45) is 5.11 Å². The van der Waals surface area contributed by atoms with E-state index in [9.17, 15) is 0 Å². The van der Waals surface area contributed by atoms with E-state index in [1.165, 1.54) is 0 Å². The number of nitrogens with zero attached hydrogens (tertiary/aromatic N) is 12. The zero-order chi connectivity index (χ0) is 42.1. The lowest BCUT2D eigenvalue weighted by molar-refractivity contribution is 0.595. The van der Waals surface area contributed by atoms with Gasteiger partial charge in [-0.25, -0.2) is 25.3 Å². The molecule has 0 saturated carbocycles. The van der Waals surface area contributed by atoms with Crippen molar-refractivity contribution >= 4 is 23.2 Å². The van der Waals surface area contributed by atoms with Crippen molar-refractivity contribution in [2.75, 3.05) is 6.54 Å². The summed E-state index contributed by atoms with van der Waals surface area (Å²) in [5, 5.41) is 32.2. The molecular formula is C45H46Cl2N14. The van der Waals surface area contributed by atoms with Crippen LogP contribution in [-0.2, 0) is 38.9 Å². The molecule has 0 radical (unpaired) electrons. The maximum absolute atomic E-state index is 7.33. The van der Waals surface area contributed by atoms with Gasteiger partial charge >= 0.3 is 0 Å². The van der Waals surface area contributed by atoms with Crippen molar-refractivity contribution in [3.05, 3.63) is 142 Å². The number of nitrogens with one attached hydrogen (secondary N) is 2. The first-order valence-electron chi connectivity index (χ1n) is 20.6. The number of aryl methyl sites for hydroxylation is 2. The van der Waals surface area contributed by atoms with E-state index in [0.29, 0.717) is 54.6 Å². The molecule has 16 heteroatoms. The summed E-state index contributed by atoms with van der Waals surface area (Å²) in [5.41, 5.74) is 17.3. The minimum absolute atomic E-state index is 0.327. The lowest BCUT2D eigenvalue weighted by Crippen LogP contribution is -2.14. The van der Waals surface area contributed by atoms with Crippen LogP contribution in [0.25, 0.3) is 45.0 Å². The van der Waals surface area contributed by atoms with Crippen LogP contribution < -0.4 is 0 Å². The largest absolute Gasteiger partial charge is 0.326 e. The van der Waals surface area contributed by atoms with Gasteiger partial charge in [0.1, 0.15) is 11.6 Å². The maximum Gasteiger partial charge on any atom is 0.183 e. The van der Waals surface area contributed by atoms with Crippen molar-refractivity contribution < 1.29 is 0 Å². The number of hydrogen-bond donors (Lipinski definition) is 2. The molecule has 4 aromatic heterocycles. The Morgan fingerprint density at radius 2 is 1.15 bits per heavy atom. The van der Waals surface area contributed by atoms with Gasteiger partial charge in [-0.15, -0.1) is 10.2 Å². The second kappa shape index (κ2) is 19.3. The molecule has 2 N–H and O–H groups in total. The monoisotopic (exact) mass is 852 g/mol. The molecule has 0 amide bonds. The number of H-pyrrole nitrogens is 1. The third kappa shape index (κ3) is 9.20. The molecule has 0 fully saturated rings. The maximum atomic E-state index is 7.33. The fourth-order valence-electron chi connectivity index (χ4n) is 7.72. The van der Waals surface area contributed by atoms with Gasteiger partial charge in [0.05, 0.1) is 24.5 Å². The van der Waals surface area contributed by atoms with E-state index < -0.39 is 0 Å². The van der Waals surface area contributed by atoms with Crippen LogP contribution in [0.4, 0.5) is 0 Å². The van der Waals surface area contributed by atoms with Crippen molar-refractivity contribution in [3.63, 3.8) is 0 Å². The van der Waals surface area contributed by atoms with Gasteiger partial charge in [-0.3, -0.25) is 0 Å². The van der Waals surface area contributed by atoms with E-state index in [1.807, 2.05) is 36.4 Å². The normalized spacial score (nSPS) is 11.4. The summed E-state index contributed by atoms with van der Waals surface area (Å²) in [4.78, 5) is 9.57. The van der Waals surface area contributed by atoms with Crippen LogP contribution in [0.5, 0.6) is 0 Å². The quantitative estimate of drug-likeness (QED) is 0.0758. The summed E-state index contributed by atoms with van der Waals surface area (Å²) >= 11 is 13.6. The highest BCUT2D eigenvalue weighted by Crippen LogP contribution is 2.33. The number of halogens is 2. The lowest BCUT2D eigenvalue weighted by Gasteiger charge is -2.15. The highest BCUT2D eigenvalue weighted by atomic mass is 35.5. The van der Waals surface area contributed by atoms with E-state index in [-0.39, 0.29) is 0 Å². The second-order valence-corrected chi connectivity index (χ2v) is 15.7. The van der Waals surface area contributed by atoms with Gasteiger partial charge in [-0.05, 0) is 67.1 Å².